The largest absolute Gasteiger partial charge is 0.497 e. The van der Waals surface area contributed by atoms with Crippen molar-refractivity contribution >= 4 is 29.1 Å². The van der Waals surface area contributed by atoms with Crippen molar-refractivity contribution in [2.45, 2.75) is 12.8 Å². The monoisotopic (exact) mass is 403 g/mol. The molecule has 0 spiro atoms. The summed E-state index contributed by atoms with van der Waals surface area (Å²) in [4.78, 5) is 41.6. The van der Waals surface area contributed by atoms with Crippen molar-refractivity contribution in [2.75, 3.05) is 26.8 Å². The molecule has 0 unspecified atom stereocenters. The van der Waals surface area contributed by atoms with Crippen LogP contribution in [0.2, 0.25) is 0 Å². The maximum absolute atomic E-state index is 12.3. The zero-order chi connectivity index (χ0) is 20.1. The Balaban J connectivity index is 1.55. The highest BCUT2D eigenvalue weighted by Crippen LogP contribution is 2.26. The van der Waals surface area contributed by atoms with Crippen LogP contribution in [0.1, 0.15) is 23.3 Å². The van der Waals surface area contributed by atoms with Crippen molar-refractivity contribution < 1.29 is 23.9 Å². The minimum Gasteiger partial charge on any atom is -0.497 e. The van der Waals surface area contributed by atoms with Crippen molar-refractivity contribution in [1.29, 1.82) is 0 Å². The molecule has 0 radical (unpaired) electrons. The SMILES string of the molecule is COc1ccc(-c2nc(C(=O)OCC(=O)N3CCC[C@@H](C(N)=O)C3)cs2)cc1. The van der Waals surface area contributed by atoms with Crippen LogP contribution in [0.5, 0.6) is 5.75 Å². The third-order valence-corrected chi connectivity index (χ3v) is 5.44. The lowest BCUT2D eigenvalue weighted by atomic mass is 9.97. The molecule has 1 aromatic carbocycles. The van der Waals surface area contributed by atoms with Gasteiger partial charge in [-0.15, -0.1) is 11.3 Å². The number of thiazole rings is 1. The summed E-state index contributed by atoms with van der Waals surface area (Å²) < 4.78 is 10.2. The number of rotatable bonds is 6. The number of benzene rings is 1. The predicted octanol–water partition coefficient (Wildman–Crippen LogP) is 1.70. The molecular formula is C19H21N3O5S. The Labute approximate surface area is 166 Å². The van der Waals surface area contributed by atoms with Crippen LogP contribution in [0.4, 0.5) is 0 Å². The smallest absolute Gasteiger partial charge is 0.358 e. The van der Waals surface area contributed by atoms with Crippen LogP contribution in [-0.4, -0.2) is 54.5 Å². The second-order valence-electron chi connectivity index (χ2n) is 6.42. The standard InChI is InChI=1S/C19H21N3O5S/c1-26-14-6-4-12(5-7-14)18-21-15(11-28-18)19(25)27-10-16(23)22-8-2-3-13(9-22)17(20)24/h4-7,11,13H,2-3,8-10H2,1H3,(H2,20,24)/t13-/m1/s1. The van der Waals surface area contributed by atoms with E-state index in [4.69, 9.17) is 15.2 Å². The molecular weight excluding hydrogens is 382 g/mol. The number of primary amides is 1. The lowest BCUT2D eigenvalue weighted by Crippen LogP contribution is -2.45. The molecule has 1 aromatic heterocycles. The molecule has 2 amide bonds. The highest BCUT2D eigenvalue weighted by atomic mass is 32.1. The fourth-order valence-corrected chi connectivity index (χ4v) is 3.76. The second kappa shape index (κ2) is 8.83. The van der Waals surface area contributed by atoms with E-state index in [0.29, 0.717) is 24.4 Å². The minimum absolute atomic E-state index is 0.150. The number of amides is 2. The average Bonchev–Trinajstić information content (AvgIpc) is 3.22. The third kappa shape index (κ3) is 4.66. The summed E-state index contributed by atoms with van der Waals surface area (Å²) in [7, 11) is 1.59. The molecule has 9 heteroatoms. The summed E-state index contributed by atoms with van der Waals surface area (Å²) in [5.41, 5.74) is 6.32. The topological polar surface area (TPSA) is 112 Å². The molecule has 0 aliphatic carbocycles. The number of nitrogens with two attached hydrogens (primary N) is 1. The Morgan fingerprint density at radius 2 is 2.04 bits per heavy atom. The molecule has 2 aromatic rings. The highest BCUT2D eigenvalue weighted by Gasteiger charge is 2.27. The third-order valence-electron chi connectivity index (χ3n) is 4.55. The number of aromatic nitrogens is 1. The second-order valence-corrected chi connectivity index (χ2v) is 7.28. The fourth-order valence-electron chi connectivity index (χ4n) is 2.96. The van der Waals surface area contributed by atoms with Gasteiger partial charge in [-0.1, -0.05) is 0 Å². The summed E-state index contributed by atoms with van der Waals surface area (Å²) in [6.07, 6.45) is 1.37. The van der Waals surface area contributed by atoms with Crippen LogP contribution in [0, 0.1) is 5.92 Å². The van der Waals surface area contributed by atoms with Crippen molar-refractivity contribution in [2.24, 2.45) is 11.7 Å². The van der Waals surface area contributed by atoms with Gasteiger partial charge in [0, 0.05) is 24.0 Å². The van der Waals surface area contributed by atoms with Gasteiger partial charge in [0.15, 0.2) is 12.3 Å². The lowest BCUT2D eigenvalue weighted by molar-refractivity contribution is -0.137. The Hall–Kier alpha value is -2.94. The number of carbonyl (C=O) groups is 3. The van der Waals surface area contributed by atoms with E-state index >= 15 is 0 Å². The van der Waals surface area contributed by atoms with Gasteiger partial charge < -0.3 is 20.1 Å². The molecule has 0 bridgehead atoms. The van der Waals surface area contributed by atoms with E-state index in [-0.39, 0.29) is 30.7 Å². The molecule has 1 aliphatic rings. The van der Waals surface area contributed by atoms with Crippen LogP contribution in [0.3, 0.4) is 0 Å². The number of hydrogen-bond acceptors (Lipinski definition) is 7. The summed E-state index contributed by atoms with van der Waals surface area (Å²) >= 11 is 1.31. The molecule has 1 aliphatic heterocycles. The maximum Gasteiger partial charge on any atom is 0.358 e. The maximum atomic E-state index is 12.3. The van der Waals surface area contributed by atoms with E-state index in [1.807, 2.05) is 24.3 Å². The van der Waals surface area contributed by atoms with E-state index in [1.165, 1.54) is 16.2 Å². The molecule has 2 N–H and O–H groups in total. The van der Waals surface area contributed by atoms with Crippen LogP contribution in [-0.2, 0) is 14.3 Å². The van der Waals surface area contributed by atoms with E-state index in [9.17, 15) is 14.4 Å². The average molecular weight is 403 g/mol. The van der Waals surface area contributed by atoms with Gasteiger partial charge in [-0.2, -0.15) is 0 Å². The molecule has 3 rings (SSSR count). The Kier molecular flexibility index (Phi) is 6.25. The normalized spacial score (nSPS) is 16.5. The van der Waals surface area contributed by atoms with Crippen molar-refractivity contribution in [1.82, 2.24) is 9.88 Å². The fraction of sp³-hybridized carbons (Fsp3) is 0.368. The Morgan fingerprint density at radius 3 is 2.71 bits per heavy atom. The van der Waals surface area contributed by atoms with Crippen LogP contribution in [0.15, 0.2) is 29.6 Å². The number of piperidine rings is 1. The first-order valence-electron chi connectivity index (χ1n) is 8.82. The van der Waals surface area contributed by atoms with Gasteiger partial charge in [-0.3, -0.25) is 9.59 Å². The number of hydrogen-bond donors (Lipinski definition) is 1. The van der Waals surface area contributed by atoms with Gasteiger partial charge in [-0.05, 0) is 37.1 Å². The van der Waals surface area contributed by atoms with Crippen LogP contribution < -0.4 is 10.5 Å². The summed E-state index contributed by atoms with van der Waals surface area (Å²) in [5, 5.41) is 2.26. The van der Waals surface area contributed by atoms with Crippen molar-refractivity contribution in [3.63, 3.8) is 0 Å². The summed E-state index contributed by atoms with van der Waals surface area (Å²) in [6.45, 7) is 0.405. The first kappa shape index (κ1) is 19.8. The molecule has 1 atom stereocenters. The van der Waals surface area contributed by atoms with Crippen LogP contribution in [0.25, 0.3) is 10.6 Å². The first-order chi connectivity index (χ1) is 13.5. The van der Waals surface area contributed by atoms with Crippen molar-refractivity contribution in [3.05, 3.63) is 35.3 Å². The van der Waals surface area contributed by atoms with E-state index < -0.39 is 11.9 Å². The number of nitrogens with zero attached hydrogens (tertiary/aromatic N) is 2. The van der Waals surface area contributed by atoms with Gasteiger partial charge in [0.1, 0.15) is 10.8 Å². The van der Waals surface area contributed by atoms with Gasteiger partial charge in [-0.25, -0.2) is 9.78 Å². The minimum atomic E-state index is -0.659. The molecule has 0 saturated carbocycles. The quantitative estimate of drug-likeness (QED) is 0.735. The van der Waals surface area contributed by atoms with Crippen molar-refractivity contribution in [3.8, 4) is 16.3 Å². The Morgan fingerprint density at radius 1 is 1.29 bits per heavy atom. The zero-order valence-corrected chi connectivity index (χ0v) is 16.2. The molecule has 8 nitrogen and oxygen atoms in total. The highest BCUT2D eigenvalue weighted by molar-refractivity contribution is 7.13. The van der Waals surface area contributed by atoms with Gasteiger partial charge in [0.05, 0.1) is 13.0 Å². The molecule has 1 fully saturated rings. The number of ether oxygens (including phenoxy) is 2. The number of methoxy groups -OCH3 is 1. The lowest BCUT2D eigenvalue weighted by Gasteiger charge is -2.30. The van der Waals surface area contributed by atoms with Crippen LogP contribution >= 0.6 is 11.3 Å². The molecule has 1 saturated heterocycles. The first-order valence-corrected chi connectivity index (χ1v) is 9.70. The van der Waals surface area contributed by atoms with E-state index in [0.717, 1.165) is 11.3 Å². The molecule has 2 heterocycles. The van der Waals surface area contributed by atoms with Gasteiger partial charge in [0.2, 0.25) is 5.91 Å². The molecule has 148 valence electrons. The number of likely N-dealkylation sites (tertiary alicyclic amines) is 1. The predicted molar refractivity (Wildman–Crippen MR) is 103 cm³/mol. The number of esters is 1. The summed E-state index contributed by atoms with van der Waals surface area (Å²) in [6, 6.07) is 7.32. The zero-order valence-electron chi connectivity index (χ0n) is 15.4. The van der Waals surface area contributed by atoms with E-state index in [1.54, 1.807) is 12.5 Å². The molecule has 28 heavy (non-hydrogen) atoms. The Bertz CT molecular complexity index is 865. The number of carbonyl (C=O) groups excluding carboxylic acids is 3. The van der Waals surface area contributed by atoms with Gasteiger partial charge in [0.25, 0.3) is 5.91 Å². The van der Waals surface area contributed by atoms with Gasteiger partial charge >= 0.3 is 5.97 Å². The van der Waals surface area contributed by atoms with E-state index in [2.05, 4.69) is 4.98 Å². The summed E-state index contributed by atoms with van der Waals surface area (Å²) in [5.74, 6) is -1.03.